The van der Waals surface area contributed by atoms with Crippen molar-refractivity contribution >= 4 is 40.2 Å². The lowest BCUT2D eigenvalue weighted by Crippen LogP contribution is -2.02. The Balaban J connectivity index is 2.03. The molecule has 5 nitrogen and oxygen atoms in total. The molecule has 0 aliphatic heterocycles. The van der Waals surface area contributed by atoms with Gasteiger partial charge in [-0.1, -0.05) is 23.7 Å². The van der Waals surface area contributed by atoms with Gasteiger partial charge in [0.2, 0.25) is 0 Å². The highest BCUT2D eigenvalue weighted by molar-refractivity contribution is 6.29. The van der Waals surface area contributed by atoms with Gasteiger partial charge < -0.3 is 5.73 Å². The van der Waals surface area contributed by atoms with Crippen LogP contribution in [0.3, 0.4) is 0 Å². The number of alkyl halides is 1. The van der Waals surface area contributed by atoms with Crippen LogP contribution in [0.2, 0.25) is 5.15 Å². The number of anilines is 1. The van der Waals surface area contributed by atoms with E-state index in [-0.39, 0.29) is 0 Å². The van der Waals surface area contributed by atoms with E-state index in [0.29, 0.717) is 28.3 Å². The number of fused-ring (bicyclic) bond motifs is 1. The van der Waals surface area contributed by atoms with Gasteiger partial charge in [-0.2, -0.15) is 0 Å². The summed E-state index contributed by atoms with van der Waals surface area (Å²) in [7, 11) is 0. The van der Waals surface area contributed by atoms with E-state index in [1.807, 2.05) is 47.0 Å². The minimum atomic E-state index is 0.400. The van der Waals surface area contributed by atoms with Crippen molar-refractivity contribution in [2.75, 3.05) is 5.73 Å². The Morgan fingerprint density at radius 3 is 2.52 bits per heavy atom. The second-order valence-corrected chi connectivity index (χ2v) is 6.14. The van der Waals surface area contributed by atoms with Crippen LogP contribution in [0.1, 0.15) is 5.56 Å². The van der Waals surface area contributed by atoms with Gasteiger partial charge in [0.1, 0.15) is 16.5 Å². The summed E-state index contributed by atoms with van der Waals surface area (Å²) < 4.78 is 1.92. The molecule has 2 N–H and O–H groups in total. The highest BCUT2D eigenvalue weighted by atomic mass is 35.5. The molecule has 25 heavy (non-hydrogen) atoms. The van der Waals surface area contributed by atoms with Crippen molar-refractivity contribution in [1.29, 1.82) is 0 Å². The molecule has 0 saturated heterocycles. The number of rotatable bonds is 3. The maximum absolute atomic E-state index is 6.11. The van der Waals surface area contributed by atoms with E-state index in [9.17, 15) is 0 Å². The number of benzene rings is 1. The first-order chi connectivity index (χ1) is 12.2. The van der Waals surface area contributed by atoms with Gasteiger partial charge in [0.15, 0.2) is 11.5 Å². The van der Waals surface area contributed by atoms with Crippen LogP contribution in [0.5, 0.6) is 0 Å². The Hall–Kier alpha value is -2.63. The van der Waals surface area contributed by atoms with E-state index in [1.165, 1.54) is 0 Å². The molecule has 4 aromatic rings. The first-order valence-electron chi connectivity index (χ1n) is 7.58. The van der Waals surface area contributed by atoms with Crippen LogP contribution >= 0.6 is 23.2 Å². The van der Waals surface area contributed by atoms with Gasteiger partial charge in [-0.15, -0.1) is 11.6 Å². The summed E-state index contributed by atoms with van der Waals surface area (Å²) in [5.41, 5.74) is 10.1. The van der Waals surface area contributed by atoms with Crippen LogP contribution < -0.4 is 5.73 Å². The summed E-state index contributed by atoms with van der Waals surface area (Å²) in [5.74, 6) is 1.52. The van der Waals surface area contributed by atoms with Gasteiger partial charge in [-0.3, -0.25) is 4.57 Å². The van der Waals surface area contributed by atoms with E-state index in [2.05, 4.69) is 9.97 Å². The van der Waals surface area contributed by atoms with E-state index in [1.54, 1.807) is 12.3 Å². The van der Waals surface area contributed by atoms with E-state index in [4.69, 9.17) is 33.9 Å². The zero-order valence-corrected chi connectivity index (χ0v) is 14.5. The summed E-state index contributed by atoms with van der Waals surface area (Å²) in [6, 6.07) is 15.1. The zero-order chi connectivity index (χ0) is 17.4. The van der Waals surface area contributed by atoms with Crippen molar-refractivity contribution in [2.45, 2.75) is 5.88 Å². The second kappa shape index (κ2) is 6.35. The molecule has 0 radical (unpaired) electrons. The average Bonchev–Trinajstić information content (AvgIpc) is 3.00. The molecule has 1 aromatic carbocycles. The predicted octanol–water partition coefficient (Wildman–Crippen LogP) is 4.46. The number of aromatic nitrogens is 4. The van der Waals surface area contributed by atoms with Gasteiger partial charge in [-0.25, -0.2) is 15.0 Å². The molecular weight excluding hydrogens is 357 g/mol. The fourth-order valence-electron chi connectivity index (χ4n) is 2.70. The fraction of sp³-hybridized carbons (Fsp3) is 0.0556. The van der Waals surface area contributed by atoms with Gasteiger partial charge in [0.25, 0.3) is 0 Å². The molecule has 3 aromatic heterocycles. The number of hydrogen-bond acceptors (Lipinski definition) is 4. The van der Waals surface area contributed by atoms with E-state index in [0.717, 1.165) is 22.3 Å². The van der Waals surface area contributed by atoms with Gasteiger partial charge in [0, 0.05) is 17.8 Å². The third-order valence-corrected chi connectivity index (χ3v) is 4.42. The van der Waals surface area contributed by atoms with Crippen molar-refractivity contribution in [3.8, 4) is 17.1 Å². The summed E-state index contributed by atoms with van der Waals surface area (Å²) in [6.45, 7) is 0. The largest absolute Gasteiger partial charge is 0.383 e. The topological polar surface area (TPSA) is 69.6 Å². The normalized spacial score (nSPS) is 11.1. The quantitative estimate of drug-likeness (QED) is 0.427. The van der Waals surface area contributed by atoms with Crippen molar-refractivity contribution in [2.24, 2.45) is 0 Å². The Labute approximate surface area is 154 Å². The molecule has 0 aliphatic carbocycles. The molecule has 0 aliphatic rings. The number of nitrogen functional groups attached to an aromatic ring is 1. The first kappa shape index (κ1) is 15.9. The standard InChI is InChI=1S/C18H13Cl2N5/c19-10-11-3-5-12(6-4-11)25-17(13-2-1-9-22-16(13)21)23-14-7-8-15(20)24-18(14)25/h1-9H,10H2,(H2,21,22). The summed E-state index contributed by atoms with van der Waals surface area (Å²) >= 11 is 12.0. The Kier molecular flexibility index (Phi) is 4.03. The number of pyridine rings is 2. The Bertz CT molecular complexity index is 1060. The number of imidazole rings is 1. The van der Waals surface area contributed by atoms with Gasteiger partial charge >= 0.3 is 0 Å². The van der Waals surface area contributed by atoms with Crippen molar-refractivity contribution in [1.82, 2.24) is 19.5 Å². The maximum atomic E-state index is 6.11. The van der Waals surface area contributed by atoms with Crippen LogP contribution in [0, 0.1) is 0 Å². The molecule has 0 atom stereocenters. The zero-order valence-electron chi connectivity index (χ0n) is 13.0. The molecule has 0 bridgehead atoms. The Morgan fingerprint density at radius 1 is 1.00 bits per heavy atom. The van der Waals surface area contributed by atoms with Crippen LogP contribution in [0.15, 0.2) is 54.7 Å². The number of halogens is 2. The van der Waals surface area contributed by atoms with Crippen molar-refractivity contribution in [3.63, 3.8) is 0 Å². The summed E-state index contributed by atoms with van der Waals surface area (Å²) in [6.07, 6.45) is 1.65. The lowest BCUT2D eigenvalue weighted by Gasteiger charge is -2.10. The maximum Gasteiger partial charge on any atom is 0.166 e. The average molecular weight is 370 g/mol. The Morgan fingerprint density at radius 2 is 1.80 bits per heavy atom. The lowest BCUT2D eigenvalue weighted by molar-refractivity contribution is 1.07. The third kappa shape index (κ3) is 2.81. The molecule has 0 amide bonds. The highest BCUT2D eigenvalue weighted by Gasteiger charge is 2.18. The van der Waals surface area contributed by atoms with Crippen LogP contribution in [-0.2, 0) is 5.88 Å². The van der Waals surface area contributed by atoms with Gasteiger partial charge in [-0.05, 0) is 42.0 Å². The number of hydrogen-bond donors (Lipinski definition) is 1. The number of nitrogens with zero attached hydrogens (tertiary/aromatic N) is 4. The van der Waals surface area contributed by atoms with Crippen LogP contribution in [0.25, 0.3) is 28.2 Å². The predicted molar refractivity (Wildman–Crippen MR) is 101 cm³/mol. The molecule has 0 saturated carbocycles. The number of nitrogens with two attached hydrogens (primary N) is 1. The van der Waals surface area contributed by atoms with Crippen LogP contribution in [0.4, 0.5) is 5.82 Å². The highest BCUT2D eigenvalue weighted by Crippen LogP contribution is 2.30. The lowest BCUT2D eigenvalue weighted by atomic mass is 10.2. The molecule has 3 heterocycles. The smallest absolute Gasteiger partial charge is 0.166 e. The molecule has 0 unspecified atom stereocenters. The van der Waals surface area contributed by atoms with Gasteiger partial charge in [0.05, 0.1) is 5.56 Å². The van der Waals surface area contributed by atoms with Crippen LogP contribution in [-0.4, -0.2) is 19.5 Å². The third-order valence-electron chi connectivity index (χ3n) is 3.90. The minimum Gasteiger partial charge on any atom is -0.383 e. The first-order valence-corrected chi connectivity index (χ1v) is 8.50. The molecular formula is C18H13Cl2N5. The molecule has 4 rings (SSSR count). The molecule has 124 valence electrons. The van der Waals surface area contributed by atoms with E-state index >= 15 is 0 Å². The SMILES string of the molecule is Nc1ncccc1-c1nc2ccc(Cl)nc2n1-c1ccc(CCl)cc1. The van der Waals surface area contributed by atoms with Crippen molar-refractivity contribution in [3.05, 3.63) is 65.4 Å². The van der Waals surface area contributed by atoms with E-state index < -0.39 is 0 Å². The minimum absolute atomic E-state index is 0.400. The summed E-state index contributed by atoms with van der Waals surface area (Å²) in [5, 5.41) is 0.400. The fourth-order valence-corrected chi connectivity index (χ4v) is 3.02. The second-order valence-electron chi connectivity index (χ2n) is 5.48. The van der Waals surface area contributed by atoms with Crippen molar-refractivity contribution < 1.29 is 0 Å². The summed E-state index contributed by atoms with van der Waals surface area (Å²) in [4.78, 5) is 13.3. The molecule has 0 spiro atoms. The molecule has 7 heteroatoms. The monoisotopic (exact) mass is 369 g/mol. The molecule has 0 fully saturated rings.